The van der Waals surface area contributed by atoms with Gasteiger partial charge < -0.3 is 15.8 Å². The van der Waals surface area contributed by atoms with Crippen LogP contribution in [-0.2, 0) is 0 Å². The zero-order chi connectivity index (χ0) is 15.4. The van der Waals surface area contributed by atoms with Crippen molar-refractivity contribution in [2.75, 3.05) is 6.54 Å². The van der Waals surface area contributed by atoms with Gasteiger partial charge in [0, 0.05) is 24.8 Å². The summed E-state index contributed by atoms with van der Waals surface area (Å²) in [6, 6.07) is 12.8. The summed E-state index contributed by atoms with van der Waals surface area (Å²) in [6.07, 6.45) is 3.83. The van der Waals surface area contributed by atoms with Gasteiger partial charge in [-0.25, -0.2) is 0 Å². The molecule has 0 radical (unpaired) electrons. The Kier molecular flexibility index (Phi) is 4.34. The van der Waals surface area contributed by atoms with Gasteiger partial charge in [0.1, 0.15) is 17.2 Å². The van der Waals surface area contributed by atoms with E-state index in [1.165, 1.54) is 0 Å². The van der Waals surface area contributed by atoms with Gasteiger partial charge in [-0.2, -0.15) is 0 Å². The zero-order valence-electron chi connectivity index (χ0n) is 12.2. The average Bonchev–Trinajstić information content (AvgIpc) is 3.38. The fourth-order valence-corrected chi connectivity index (χ4v) is 2.33. The molecule has 0 bridgehead atoms. The molecule has 1 heterocycles. The van der Waals surface area contributed by atoms with Gasteiger partial charge in [0.15, 0.2) is 0 Å². The average molecular weight is 297 g/mol. The molecule has 1 saturated carbocycles. The van der Waals surface area contributed by atoms with E-state index in [2.05, 4.69) is 10.3 Å². The number of nitrogens with zero attached hydrogens (tertiary/aromatic N) is 1. The maximum absolute atomic E-state index is 12.3. The smallest absolute Gasteiger partial charge is 0.270 e. The van der Waals surface area contributed by atoms with Crippen molar-refractivity contribution < 1.29 is 9.53 Å². The number of para-hydroxylation sites is 1. The third-order valence-corrected chi connectivity index (χ3v) is 3.70. The van der Waals surface area contributed by atoms with E-state index in [-0.39, 0.29) is 11.9 Å². The van der Waals surface area contributed by atoms with E-state index in [4.69, 9.17) is 10.5 Å². The summed E-state index contributed by atoms with van der Waals surface area (Å²) in [7, 11) is 0. The third-order valence-electron chi connectivity index (χ3n) is 3.70. The number of carbonyl (C=O) groups excluding carboxylic acids is 1. The van der Waals surface area contributed by atoms with Crippen LogP contribution in [0, 0.1) is 5.92 Å². The number of carbonyl (C=O) groups is 1. The second-order valence-electron chi connectivity index (χ2n) is 5.44. The molecule has 1 aliphatic carbocycles. The third kappa shape index (κ3) is 3.62. The molecule has 1 unspecified atom stereocenters. The molecule has 1 atom stereocenters. The molecule has 5 heteroatoms. The van der Waals surface area contributed by atoms with Crippen molar-refractivity contribution in [1.29, 1.82) is 0 Å². The van der Waals surface area contributed by atoms with Crippen LogP contribution in [0.2, 0.25) is 0 Å². The molecule has 3 N–H and O–H groups in total. The molecule has 1 aromatic heterocycles. The van der Waals surface area contributed by atoms with Crippen LogP contribution in [0.4, 0.5) is 0 Å². The number of nitrogens with one attached hydrogen (secondary N) is 1. The van der Waals surface area contributed by atoms with Crippen LogP contribution in [0.3, 0.4) is 0 Å². The van der Waals surface area contributed by atoms with Gasteiger partial charge in [-0.15, -0.1) is 0 Å². The van der Waals surface area contributed by atoms with E-state index >= 15 is 0 Å². The summed E-state index contributed by atoms with van der Waals surface area (Å²) in [5.41, 5.74) is 6.05. The molecule has 2 aromatic rings. The Morgan fingerprint density at radius 1 is 1.27 bits per heavy atom. The maximum Gasteiger partial charge on any atom is 0.270 e. The molecule has 5 nitrogen and oxygen atoms in total. The van der Waals surface area contributed by atoms with Gasteiger partial charge in [-0.3, -0.25) is 9.78 Å². The first kappa shape index (κ1) is 14.5. The highest BCUT2D eigenvalue weighted by molar-refractivity contribution is 5.92. The van der Waals surface area contributed by atoms with Crippen LogP contribution >= 0.6 is 0 Å². The minimum Gasteiger partial charge on any atom is -0.457 e. The van der Waals surface area contributed by atoms with Gasteiger partial charge in [0.05, 0.1) is 0 Å². The van der Waals surface area contributed by atoms with Crippen molar-refractivity contribution in [1.82, 2.24) is 10.3 Å². The van der Waals surface area contributed by atoms with Gasteiger partial charge in [-0.1, -0.05) is 18.2 Å². The summed E-state index contributed by atoms with van der Waals surface area (Å²) < 4.78 is 5.72. The topological polar surface area (TPSA) is 77.2 Å². The predicted molar refractivity (Wildman–Crippen MR) is 83.8 cm³/mol. The normalized spacial score (nSPS) is 15.1. The van der Waals surface area contributed by atoms with Crippen LogP contribution in [0.25, 0.3) is 0 Å². The van der Waals surface area contributed by atoms with Crippen molar-refractivity contribution in [3.8, 4) is 11.5 Å². The van der Waals surface area contributed by atoms with Crippen molar-refractivity contribution in [3.05, 3.63) is 54.4 Å². The van der Waals surface area contributed by atoms with Crippen molar-refractivity contribution in [2.24, 2.45) is 11.7 Å². The molecular formula is C17H19N3O2. The van der Waals surface area contributed by atoms with Crippen molar-refractivity contribution in [3.63, 3.8) is 0 Å². The Morgan fingerprint density at radius 2 is 2.05 bits per heavy atom. The van der Waals surface area contributed by atoms with Crippen LogP contribution in [0.5, 0.6) is 11.5 Å². The van der Waals surface area contributed by atoms with E-state index < -0.39 is 0 Å². The summed E-state index contributed by atoms with van der Waals surface area (Å²) in [5, 5.41) is 2.95. The molecule has 1 aliphatic rings. The number of amides is 1. The SMILES string of the molecule is NCC(NC(=O)c1cc(Oc2ccccc2)ccn1)C1CC1. The number of rotatable bonds is 6. The molecule has 1 fully saturated rings. The Balaban J connectivity index is 1.69. The summed E-state index contributed by atoms with van der Waals surface area (Å²) in [4.78, 5) is 16.4. The first-order valence-electron chi connectivity index (χ1n) is 7.46. The molecular weight excluding hydrogens is 278 g/mol. The van der Waals surface area contributed by atoms with E-state index in [1.54, 1.807) is 18.3 Å². The largest absolute Gasteiger partial charge is 0.457 e. The van der Waals surface area contributed by atoms with Crippen molar-refractivity contribution >= 4 is 5.91 Å². The minimum absolute atomic E-state index is 0.0352. The molecule has 3 rings (SSSR count). The van der Waals surface area contributed by atoms with E-state index in [9.17, 15) is 4.79 Å². The molecule has 22 heavy (non-hydrogen) atoms. The zero-order valence-corrected chi connectivity index (χ0v) is 12.2. The summed E-state index contributed by atoms with van der Waals surface area (Å²) in [6.45, 7) is 0.455. The number of pyridine rings is 1. The minimum atomic E-state index is -0.208. The van der Waals surface area contributed by atoms with Gasteiger partial charge in [-0.05, 0) is 37.0 Å². The molecule has 0 saturated heterocycles. The summed E-state index contributed by atoms with van der Waals surface area (Å²) in [5.74, 6) is 1.61. The number of aromatic nitrogens is 1. The number of hydrogen-bond donors (Lipinski definition) is 2. The van der Waals surface area contributed by atoms with Crippen LogP contribution in [0.1, 0.15) is 23.3 Å². The van der Waals surface area contributed by atoms with Gasteiger partial charge in [0.2, 0.25) is 0 Å². The van der Waals surface area contributed by atoms with Gasteiger partial charge in [0.25, 0.3) is 5.91 Å². The van der Waals surface area contributed by atoms with Crippen LogP contribution < -0.4 is 15.8 Å². The highest BCUT2D eigenvalue weighted by Crippen LogP contribution is 2.32. The lowest BCUT2D eigenvalue weighted by molar-refractivity contribution is 0.0928. The fourth-order valence-electron chi connectivity index (χ4n) is 2.33. The maximum atomic E-state index is 12.3. The lowest BCUT2D eigenvalue weighted by Gasteiger charge is -2.15. The number of benzene rings is 1. The summed E-state index contributed by atoms with van der Waals surface area (Å²) >= 11 is 0. The second kappa shape index (κ2) is 6.58. The Hall–Kier alpha value is -2.40. The second-order valence-corrected chi connectivity index (χ2v) is 5.44. The predicted octanol–water partition coefficient (Wildman–Crippen LogP) is 2.34. The van der Waals surface area contributed by atoms with Crippen LogP contribution in [-0.4, -0.2) is 23.5 Å². The van der Waals surface area contributed by atoms with Crippen molar-refractivity contribution in [2.45, 2.75) is 18.9 Å². The first-order valence-corrected chi connectivity index (χ1v) is 7.46. The fraction of sp³-hybridized carbons (Fsp3) is 0.294. The van der Waals surface area contributed by atoms with E-state index in [1.807, 2.05) is 30.3 Å². The lowest BCUT2D eigenvalue weighted by atomic mass is 10.2. The molecule has 0 spiro atoms. The lowest BCUT2D eigenvalue weighted by Crippen LogP contribution is -2.42. The standard InChI is InChI=1S/C17H19N3O2/c18-11-16(12-6-7-12)20-17(21)15-10-14(8-9-19-15)22-13-4-2-1-3-5-13/h1-5,8-10,12,16H,6-7,11,18H2,(H,20,21). The molecule has 114 valence electrons. The Labute approximate surface area is 129 Å². The monoisotopic (exact) mass is 297 g/mol. The highest BCUT2D eigenvalue weighted by Gasteiger charge is 2.31. The Morgan fingerprint density at radius 3 is 2.73 bits per heavy atom. The number of hydrogen-bond acceptors (Lipinski definition) is 4. The molecule has 0 aliphatic heterocycles. The molecule has 1 amide bonds. The van der Waals surface area contributed by atoms with E-state index in [0.717, 1.165) is 18.6 Å². The molecule has 1 aromatic carbocycles. The van der Waals surface area contributed by atoms with Crippen LogP contribution in [0.15, 0.2) is 48.7 Å². The highest BCUT2D eigenvalue weighted by atomic mass is 16.5. The van der Waals surface area contributed by atoms with Gasteiger partial charge >= 0.3 is 0 Å². The quantitative estimate of drug-likeness (QED) is 0.858. The van der Waals surface area contributed by atoms with E-state index in [0.29, 0.717) is 23.9 Å². The first-order chi connectivity index (χ1) is 10.8. The number of ether oxygens (including phenoxy) is 1. The Bertz CT molecular complexity index is 641. The number of nitrogens with two attached hydrogens (primary N) is 1.